The summed E-state index contributed by atoms with van der Waals surface area (Å²) >= 11 is 1.76. The maximum absolute atomic E-state index is 3.28. The van der Waals surface area contributed by atoms with E-state index >= 15 is 0 Å². The van der Waals surface area contributed by atoms with E-state index in [1.807, 2.05) is 12.1 Å². The Morgan fingerprint density at radius 3 is 2.24 bits per heavy atom. The monoisotopic (exact) mass is 288 g/mol. The Morgan fingerprint density at radius 1 is 0.762 bits per heavy atom. The first kappa shape index (κ1) is 13.7. The highest BCUT2D eigenvalue weighted by Gasteiger charge is 1.99. The minimum atomic E-state index is 0.905. The van der Waals surface area contributed by atoms with Crippen LogP contribution in [-0.2, 0) is 6.42 Å². The molecule has 0 aliphatic rings. The molecule has 0 N–H and O–H groups in total. The summed E-state index contributed by atoms with van der Waals surface area (Å²) in [6, 6.07) is 25.2. The molecule has 21 heavy (non-hydrogen) atoms. The molecule has 0 unspecified atom stereocenters. The average molecular weight is 288 g/mol. The predicted molar refractivity (Wildman–Crippen MR) is 91.4 cm³/mol. The molecular weight excluding hydrogens is 272 g/mol. The molecular formula is C20H16S. The van der Waals surface area contributed by atoms with Gasteiger partial charge in [0, 0.05) is 11.3 Å². The van der Waals surface area contributed by atoms with E-state index in [0.29, 0.717) is 0 Å². The lowest BCUT2D eigenvalue weighted by atomic mass is 10.1. The van der Waals surface area contributed by atoms with Crippen LogP contribution >= 0.6 is 11.3 Å². The number of thiophene rings is 1. The lowest BCUT2D eigenvalue weighted by Crippen LogP contribution is -1.81. The molecule has 0 saturated heterocycles. The number of rotatable bonds is 3. The molecule has 0 bridgehead atoms. The molecule has 102 valence electrons. The van der Waals surface area contributed by atoms with Crippen LogP contribution < -0.4 is 0 Å². The minimum Gasteiger partial charge on any atom is -0.127 e. The second kappa shape index (κ2) is 6.92. The molecule has 0 saturated carbocycles. The van der Waals surface area contributed by atoms with Gasteiger partial charge in [0.05, 0.1) is 4.88 Å². The molecule has 0 aliphatic carbocycles. The Bertz CT molecular complexity index is 743. The van der Waals surface area contributed by atoms with Gasteiger partial charge in [-0.25, -0.2) is 0 Å². The maximum Gasteiger partial charge on any atom is 0.0775 e. The molecule has 0 radical (unpaired) electrons. The lowest BCUT2D eigenvalue weighted by Gasteiger charge is -1.94. The Morgan fingerprint density at radius 2 is 1.48 bits per heavy atom. The molecule has 0 spiro atoms. The van der Waals surface area contributed by atoms with E-state index in [-0.39, 0.29) is 0 Å². The van der Waals surface area contributed by atoms with Gasteiger partial charge < -0.3 is 0 Å². The summed E-state index contributed by atoms with van der Waals surface area (Å²) in [5.74, 6) is 6.55. The summed E-state index contributed by atoms with van der Waals surface area (Å²) in [7, 11) is 0. The Kier molecular flexibility index (Phi) is 4.51. The standard InChI is InChI=1S/C20H16S/c1-3-9-17(10-4-1)11-7-8-14-19-15-16-20(21-19)18-12-5-2-6-13-18/h1-6,9-10,12-13,15-16H,7,11H2. The van der Waals surface area contributed by atoms with Gasteiger partial charge in [-0.15, -0.1) is 11.3 Å². The molecule has 0 aliphatic heterocycles. The third kappa shape index (κ3) is 3.84. The summed E-state index contributed by atoms with van der Waals surface area (Å²) < 4.78 is 0. The van der Waals surface area contributed by atoms with Gasteiger partial charge in [0.1, 0.15) is 0 Å². The van der Waals surface area contributed by atoms with E-state index < -0.39 is 0 Å². The molecule has 1 aromatic heterocycles. The van der Waals surface area contributed by atoms with Crippen molar-refractivity contribution in [3.8, 4) is 22.3 Å². The summed E-state index contributed by atoms with van der Waals surface area (Å²) in [5.41, 5.74) is 2.61. The normalized spacial score (nSPS) is 9.90. The first-order chi connectivity index (χ1) is 10.4. The van der Waals surface area contributed by atoms with Gasteiger partial charge in [0.2, 0.25) is 0 Å². The fourth-order valence-corrected chi connectivity index (χ4v) is 3.05. The SMILES string of the molecule is C(#Cc1ccc(-c2ccccc2)s1)CCc1ccccc1. The molecule has 0 amide bonds. The van der Waals surface area contributed by atoms with Gasteiger partial charge in [0.25, 0.3) is 0 Å². The molecule has 3 aromatic rings. The fraction of sp³-hybridized carbons (Fsp3) is 0.100. The first-order valence-corrected chi connectivity index (χ1v) is 7.91. The van der Waals surface area contributed by atoms with E-state index in [4.69, 9.17) is 0 Å². The summed E-state index contributed by atoms with van der Waals surface area (Å²) in [4.78, 5) is 2.42. The zero-order valence-electron chi connectivity index (χ0n) is 11.8. The van der Waals surface area contributed by atoms with Crippen LogP contribution in [0, 0.1) is 11.8 Å². The molecule has 1 heterocycles. The summed E-state index contributed by atoms with van der Waals surface area (Å²) in [6.07, 6.45) is 1.92. The third-order valence-corrected chi connectivity index (χ3v) is 4.31. The number of benzene rings is 2. The third-order valence-electron chi connectivity index (χ3n) is 3.26. The molecule has 1 heteroatoms. The molecule has 0 fully saturated rings. The van der Waals surface area contributed by atoms with E-state index in [9.17, 15) is 0 Å². The summed E-state index contributed by atoms with van der Waals surface area (Å²) in [6.45, 7) is 0. The van der Waals surface area contributed by atoms with Crippen LogP contribution in [0.3, 0.4) is 0 Å². The van der Waals surface area contributed by atoms with Gasteiger partial charge in [-0.2, -0.15) is 0 Å². The fourth-order valence-electron chi connectivity index (χ4n) is 2.16. The lowest BCUT2D eigenvalue weighted by molar-refractivity contribution is 1.03. The topological polar surface area (TPSA) is 0 Å². The minimum absolute atomic E-state index is 0.905. The van der Waals surface area contributed by atoms with Gasteiger partial charge >= 0.3 is 0 Å². The average Bonchev–Trinajstić information content (AvgIpc) is 3.02. The number of aryl methyl sites for hydroxylation is 1. The predicted octanol–water partition coefficient (Wildman–Crippen LogP) is 5.40. The zero-order chi connectivity index (χ0) is 14.3. The number of hydrogen-bond acceptors (Lipinski definition) is 1. The van der Waals surface area contributed by atoms with Crippen molar-refractivity contribution in [3.05, 3.63) is 83.2 Å². The van der Waals surface area contributed by atoms with Crippen molar-refractivity contribution in [2.45, 2.75) is 12.8 Å². The smallest absolute Gasteiger partial charge is 0.0775 e. The molecule has 3 rings (SSSR count). The van der Waals surface area contributed by atoms with E-state index in [2.05, 4.69) is 72.5 Å². The van der Waals surface area contributed by atoms with E-state index in [1.165, 1.54) is 16.0 Å². The molecule has 2 aromatic carbocycles. The van der Waals surface area contributed by atoms with Gasteiger partial charge in [-0.1, -0.05) is 72.5 Å². The van der Waals surface area contributed by atoms with Crippen molar-refractivity contribution in [1.82, 2.24) is 0 Å². The quantitative estimate of drug-likeness (QED) is 0.566. The first-order valence-electron chi connectivity index (χ1n) is 7.10. The van der Waals surface area contributed by atoms with Gasteiger partial charge in [-0.3, -0.25) is 0 Å². The zero-order valence-corrected chi connectivity index (χ0v) is 12.6. The highest BCUT2D eigenvalue weighted by Crippen LogP contribution is 2.27. The van der Waals surface area contributed by atoms with Crippen LogP contribution in [-0.4, -0.2) is 0 Å². The highest BCUT2D eigenvalue weighted by molar-refractivity contribution is 7.16. The van der Waals surface area contributed by atoms with Crippen LogP contribution in [0.4, 0.5) is 0 Å². The Hall–Kier alpha value is -2.30. The van der Waals surface area contributed by atoms with Crippen molar-refractivity contribution in [2.24, 2.45) is 0 Å². The largest absolute Gasteiger partial charge is 0.127 e. The van der Waals surface area contributed by atoms with Gasteiger partial charge in [0.15, 0.2) is 0 Å². The van der Waals surface area contributed by atoms with Crippen LogP contribution in [0.5, 0.6) is 0 Å². The number of hydrogen-bond donors (Lipinski definition) is 0. The van der Waals surface area contributed by atoms with Crippen molar-refractivity contribution in [1.29, 1.82) is 0 Å². The molecule has 0 atom stereocenters. The molecule has 0 nitrogen and oxygen atoms in total. The summed E-state index contributed by atoms with van der Waals surface area (Å²) in [5, 5.41) is 0. The van der Waals surface area contributed by atoms with Crippen LogP contribution in [0.1, 0.15) is 16.9 Å². The van der Waals surface area contributed by atoms with Crippen LogP contribution in [0.25, 0.3) is 10.4 Å². The van der Waals surface area contributed by atoms with Crippen molar-refractivity contribution in [2.75, 3.05) is 0 Å². The van der Waals surface area contributed by atoms with Crippen LogP contribution in [0.2, 0.25) is 0 Å². The van der Waals surface area contributed by atoms with Gasteiger partial charge in [-0.05, 0) is 29.7 Å². The van der Waals surface area contributed by atoms with Crippen molar-refractivity contribution in [3.63, 3.8) is 0 Å². The van der Waals surface area contributed by atoms with Crippen LogP contribution in [0.15, 0.2) is 72.8 Å². The highest BCUT2D eigenvalue weighted by atomic mass is 32.1. The second-order valence-corrected chi connectivity index (χ2v) is 5.90. The Balaban J connectivity index is 1.62. The van der Waals surface area contributed by atoms with E-state index in [0.717, 1.165) is 17.7 Å². The van der Waals surface area contributed by atoms with Crippen molar-refractivity contribution < 1.29 is 0 Å². The van der Waals surface area contributed by atoms with E-state index in [1.54, 1.807) is 11.3 Å². The second-order valence-electron chi connectivity index (χ2n) is 4.82. The van der Waals surface area contributed by atoms with Crippen molar-refractivity contribution >= 4 is 11.3 Å². The maximum atomic E-state index is 3.28. The Labute approximate surface area is 130 Å².